The van der Waals surface area contributed by atoms with Gasteiger partial charge in [-0.1, -0.05) is 17.7 Å². The number of nitrogens with one attached hydrogen (secondary N) is 1. The van der Waals surface area contributed by atoms with Crippen molar-refractivity contribution in [3.8, 4) is 0 Å². The zero-order valence-electron chi connectivity index (χ0n) is 14.3. The molecule has 10 heteroatoms. The molecule has 28 heavy (non-hydrogen) atoms. The van der Waals surface area contributed by atoms with E-state index in [4.69, 9.17) is 16.3 Å². The molecule has 0 aliphatic carbocycles. The van der Waals surface area contributed by atoms with E-state index in [9.17, 15) is 24.1 Å². The van der Waals surface area contributed by atoms with Crippen LogP contribution in [0.1, 0.15) is 16.6 Å². The summed E-state index contributed by atoms with van der Waals surface area (Å²) in [6.45, 7) is 1.36. The minimum absolute atomic E-state index is 0.0268. The Bertz CT molecular complexity index is 1100. The molecule has 1 atom stereocenters. The van der Waals surface area contributed by atoms with Gasteiger partial charge in [-0.25, -0.2) is 9.18 Å². The molecule has 3 rings (SSSR count). The van der Waals surface area contributed by atoms with E-state index in [1.54, 1.807) is 6.07 Å². The van der Waals surface area contributed by atoms with Crippen molar-refractivity contribution in [3.63, 3.8) is 0 Å². The van der Waals surface area contributed by atoms with Crippen molar-refractivity contribution in [2.24, 2.45) is 0 Å². The largest absolute Gasteiger partial charge is 0.448 e. The molecule has 0 saturated heterocycles. The molecule has 1 heterocycles. The molecule has 0 spiro atoms. The first-order valence-corrected chi connectivity index (χ1v) is 9.09. The van der Waals surface area contributed by atoms with Crippen LogP contribution in [-0.2, 0) is 9.53 Å². The summed E-state index contributed by atoms with van der Waals surface area (Å²) in [6, 6.07) is 9.43. The van der Waals surface area contributed by atoms with E-state index in [-0.39, 0.29) is 21.3 Å². The second kappa shape index (κ2) is 7.91. The first-order valence-electron chi connectivity index (χ1n) is 7.90. The number of carbonyl (C=O) groups is 2. The van der Waals surface area contributed by atoms with Gasteiger partial charge in [-0.3, -0.25) is 14.9 Å². The number of nitro groups is 1. The van der Waals surface area contributed by atoms with E-state index < -0.39 is 28.7 Å². The quantitative estimate of drug-likeness (QED) is 0.362. The van der Waals surface area contributed by atoms with E-state index >= 15 is 0 Å². The summed E-state index contributed by atoms with van der Waals surface area (Å²) in [5.74, 6) is -1.89. The lowest BCUT2D eigenvalue weighted by atomic mass is 10.2. The van der Waals surface area contributed by atoms with Crippen molar-refractivity contribution in [1.82, 2.24) is 0 Å². The Morgan fingerprint density at radius 2 is 2.04 bits per heavy atom. The van der Waals surface area contributed by atoms with Crippen LogP contribution in [-0.4, -0.2) is 22.9 Å². The van der Waals surface area contributed by atoms with E-state index in [1.165, 1.54) is 37.3 Å². The SMILES string of the molecule is CC(OC(=O)c1cc2c(F)cccc2s1)C(=O)Nc1ccc([N+](=O)[O-])cc1Cl. The predicted octanol–water partition coefficient (Wildman–Crippen LogP) is 4.79. The number of thiophene rings is 1. The molecule has 0 fully saturated rings. The first-order chi connectivity index (χ1) is 13.3. The average molecular weight is 423 g/mol. The highest BCUT2D eigenvalue weighted by Crippen LogP contribution is 2.29. The average Bonchev–Trinajstić information content (AvgIpc) is 3.09. The maximum atomic E-state index is 13.7. The highest BCUT2D eigenvalue weighted by molar-refractivity contribution is 7.20. The molecule has 144 valence electrons. The van der Waals surface area contributed by atoms with Crippen LogP contribution >= 0.6 is 22.9 Å². The van der Waals surface area contributed by atoms with Crippen LogP contribution in [0.25, 0.3) is 10.1 Å². The Labute approximate surface area is 166 Å². The van der Waals surface area contributed by atoms with Gasteiger partial charge in [0.1, 0.15) is 10.7 Å². The Hall–Kier alpha value is -3.04. The van der Waals surface area contributed by atoms with Crippen molar-refractivity contribution < 1.29 is 23.6 Å². The Balaban J connectivity index is 1.68. The van der Waals surface area contributed by atoms with Gasteiger partial charge in [-0.15, -0.1) is 11.3 Å². The molecular weight excluding hydrogens is 411 g/mol. The number of carbonyl (C=O) groups excluding carboxylic acids is 2. The molecule has 0 aliphatic heterocycles. The summed E-state index contributed by atoms with van der Waals surface area (Å²) in [4.78, 5) is 34.8. The molecular formula is C18H12ClFN2O5S. The molecule has 7 nitrogen and oxygen atoms in total. The number of ether oxygens (including phenoxy) is 1. The number of amides is 1. The van der Waals surface area contributed by atoms with Crippen LogP contribution in [0.15, 0.2) is 42.5 Å². The molecule has 0 aliphatic rings. The molecule has 0 bridgehead atoms. The van der Waals surface area contributed by atoms with Gasteiger partial charge >= 0.3 is 5.97 Å². The number of fused-ring (bicyclic) bond motifs is 1. The summed E-state index contributed by atoms with van der Waals surface area (Å²) in [7, 11) is 0. The van der Waals surface area contributed by atoms with Gasteiger partial charge in [0.25, 0.3) is 11.6 Å². The zero-order valence-corrected chi connectivity index (χ0v) is 15.8. The summed E-state index contributed by atoms with van der Waals surface area (Å²) < 4.78 is 19.5. The number of nitrogens with zero attached hydrogens (tertiary/aromatic N) is 1. The Kier molecular flexibility index (Phi) is 5.57. The molecule has 0 saturated carbocycles. The maximum Gasteiger partial charge on any atom is 0.349 e. The van der Waals surface area contributed by atoms with Crippen molar-refractivity contribution >= 4 is 56.3 Å². The summed E-state index contributed by atoms with van der Waals surface area (Å²) in [5, 5.41) is 13.4. The lowest BCUT2D eigenvalue weighted by molar-refractivity contribution is -0.384. The molecule has 2 aromatic carbocycles. The number of esters is 1. The van der Waals surface area contributed by atoms with Crippen LogP contribution in [0.4, 0.5) is 15.8 Å². The van der Waals surface area contributed by atoms with E-state index in [0.29, 0.717) is 10.1 Å². The molecule has 1 N–H and O–H groups in total. The van der Waals surface area contributed by atoms with Crippen molar-refractivity contribution in [1.29, 1.82) is 0 Å². The number of halogens is 2. The number of benzene rings is 2. The lowest BCUT2D eigenvalue weighted by Crippen LogP contribution is -2.29. The summed E-state index contributed by atoms with van der Waals surface area (Å²) in [5.41, 5.74) is -0.0800. The maximum absolute atomic E-state index is 13.7. The minimum Gasteiger partial charge on any atom is -0.448 e. The van der Waals surface area contributed by atoms with E-state index in [0.717, 1.165) is 17.4 Å². The van der Waals surface area contributed by atoms with Gasteiger partial charge < -0.3 is 10.1 Å². The predicted molar refractivity (Wildman–Crippen MR) is 103 cm³/mol. The van der Waals surface area contributed by atoms with Gasteiger partial charge in [0.2, 0.25) is 0 Å². The van der Waals surface area contributed by atoms with Gasteiger partial charge in [0.15, 0.2) is 6.10 Å². The molecule has 3 aromatic rings. The highest BCUT2D eigenvalue weighted by Gasteiger charge is 2.22. The third-order valence-corrected chi connectivity index (χ3v) is 5.18. The number of hydrogen-bond donors (Lipinski definition) is 1. The number of anilines is 1. The lowest BCUT2D eigenvalue weighted by Gasteiger charge is -2.13. The Morgan fingerprint density at radius 1 is 1.29 bits per heavy atom. The van der Waals surface area contributed by atoms with Crippen LogP contribution in [0.3, 0.4) is 0 Å². The monoisotopic (exact) mass is 422 g/mol. The van der Waals surface area contributed by atoms with Crippen molar-refractivity contribution in [2.75, 3.05) is 5.32 Å². The number of non-ortho nitro benzene ring substituents is 1. The summed E-state index contributed by atoms with van der Waals surface area (Å²) >= 11 is 6.98. The molecule has 1 amide bonds. The van der Waals surface area contributed by atoms with Crippen LogP contribution in [0.2, 0.25) is 5.02 Å². The van der Waals surface area contributed by atoms with Gasteiger partial charge in [-0.2, -0.15) is 0 Å². The van der Waals surface area contributed by atoms with Crippen LogP contribution < -0.4 is 5.32 Å². The number of hydrogen-bond acceptors (Lipinski definition) is 6. The van der Waals surface area contributed by atoms with E-state index in [1.807, 2.05) is 0 Å². The minimum atomic E-state index is -1.17. The normalized spacial score (nSPS) is 11.8. The van der Waals surface area contributed by atoms with Gasteiger partial charge in [-0.05, 0) is 31.2 Å². The fourth-order valence-electron chi connectivity index (χ4n) is 2.35. The second-order valence-corrected chi connectivity index (χ2v) is 7.21. The molecule has 1 unspecified atom stereocenters. The second-order valence-electron chi connectivity index (χ2n) is 5.72. The van der Waals surface area contributed by atoms with Gasteiger partial charge in [0.05, 0.1) is 15.6 Å². The topological polar surface area (TPSA) is 98.5 Å². The van der Waals surface area contributed by atoms with Crippen LogP contribution in [0, 0.1) is 15.9 Å². The van der Waals surface area contributed by atoms with Crippen molar-refractivity contribution in [3.05, 3.63) is 68.3 Å². The standard InChI is InChI=1S/C18H12ClFN2O5S/c1-9(17(23)21-14-6-5-10(22(25)26)7-12(14)19)27-18(24)16-8-11-13(20)3-2-4-15(11)28-16/h2-9H,1H3,(H,21,23). The molecule has 1 aromatic heterocycles. The van der Waals surface area contributed by atoms with E-state index in [2.05, 4.69) is 5.32 Å². The summed E-state index contributed by atoms with van der Waals surface area (Å²) in [6.07, 6.45) is -1.17. The smallest absolute Gasteiger partial charge is 0.349 e. The number of rotatable bonds is 5. The Morgan fingerprint density at radius 3 is 2.68 bits per heavy atom. The van der Waals surface area contributed by atoms with Crippen molar-refractivity contribution in [2.45, 2.75) is 13.0 Å². The highest BCUT2D eigenvalue weighted by atomic mass is 35.5. The van der Waals surface area contributed by atoms with Gasteiger partial charge in [0, 0.05) is 22.2 Å². The van der Waals surface area contributed by atoms with Crippen LogP contribution in [0.5, 0.6) is 0 Å². The zero-order chi connectivity index (χ0) is 20.4. The third kappa shape index (κ3) is 4.10. The third-order valence-electron chi connectivity index (χ3n) is 3.78. The fraction of sp³-hybridized carbons (Fsp3) is 0.111. The first kappa shape index (κ1) is 19.7. The fourth-order valence-corrected chi connectivity index (χ4v) is 3.53. The number of nitro benzene ring substituents is 1. The molecule has 0 radical (unpaired) electrons.